The topological polar surface area (TPSA) is 58.2 Å². The van der Waals surface area contributed by atoms with Gasteiger partial charge in [-0.1, -0.05) is 13.8 Å². The van der Waals surface area contributed by atoms with Crippen molar-refractivity contribution in [1.82, 2.24) is 10.6 Å². The van der Waals surface area contributed by atoms with E-state index < -0.39 is 9.84 Å². The first-order chi connectivity index (χ1) is 7.43. The quantitative estimate of drug-likeness (QED) is 0.691. The van der Waals surface area contributed by atoms with Crippen LogP contribution in [0.25, 0.3) is 0 Å². The number of rotatable bonds is 1. The first kappa shape index (κ1) is 12.3. The van der Waals surface area contributed by atoms with Gasteiger partial charge in [0.25, 0.3) is 0 Å². The van der Waals surface area contributed by atoms with Crippen LogP contribution in [0.3, 0.4) is 0 Å². The molecule has 2 aliphatic rings. The maximum absolute atomic E-state index is 11.7. The Hall–Kier alpha value is -0.130. The Bertz CT molecular complexity index is 349. The van der Waals surface area contributed by atoms with E-state index in [1.165, 1.54) is 0 Å². The molecule has 1 unspecified atom stereocenters. The Morgan fingerprint density at radius 3 is 2.75 bits per heavy atom. The van der Waals surface area contributed by atoms with Crippen molar-refractivity contribution in [3.63, 3.8) is 0 Å². The third kappa shape index (κ3) is 2.57. The molecule has 0 aromatic rings. The van der Waals surface area contributed by atoms with E-state index in [0.717, 1.165) is 25.9 Å². The minimum absolute atomic E-state index is 0.204. The first-order valence-electron chi connectivity index (χ1n) is 6.11. The van der Waals surface area contributed by atoms with Gasteiger partial charge in [-0.05, 0) is 18.8 Å². The molecule has 0 aromatic carbocycles. The zero-order valence-electron chi connectivity index (χ0n) is 10.1. The van der Waals surface area contributed by atoms with Crippen molar-refractivity contribution in [2.75, 3.05) is 24.6 Å². The predicted octanol–water partition coefficient (Wildman–Crippen LogP) is 0.151. The van der Waals surface area contributed by atoms with E-state index in [2.05, 4.69) is 24.5 Å². The molecule has 0 aromatic heterocycles. The molecule has 1 spiro atoms. The van der Waals surface area contributed by atoms with Gasteiger partial charge in [0.05, 0.1) is 11.5 Å². The van der Waals surface area contributed by atoms with Gasteiger partial charge in [-0.15, -0.1) is 0 Å². The van der Waals surface area contributed by atoms with Gasteiger partial charge < -0.3 is 10.6 Å². The largest absolute Gasteiger partial charge is 0.313 e. The lowest BCUT2D eigenvalue weighted by Gasteiger charge is -2.46. The van der Waals surface area contributed by atoms with E-state index in [1.54, 1.807) is 0 Å². The molecule has 2 rings (SSSR count). The molecule has 0 bridgehead atoms. The van der Waals surface area contributed by atoms with Gasteiger partial charge in [-0.3, -0.25) is 0 Å². The second kappa shape index (κ2) is 4.27. The Kier molecular flexibility index (Phi) is 3.29. The Morgan fingerprint density at radius 2 is 2.12 bits per heavy atom. The Balaban J connectivity index is 2.12. The fourth-order valence-electron chi connectivity index (χ4n) is 2.81. The summed E-state index contributed by atoms with van der Waals surface area (Å²) in [5.41, 5.74) is -0.204. The van der Waals surface area contributed by atoms with Crippen LogP contribution in [0.2, 0.25) is 0 Å². The summed E-state index contributed by atoms with van der Waals surface area (Å²) in [6.07, 6.45) is 1.77. The Labute approximate surface area is 98.1 Å². The number of hydrogen-bond donors (Lipinski definition) is 2. The second-order valence-corrected chi connectivity index (χ2v) is 7.79. The SMILES string of the molecule is CC(C)[C@H]1CNCC2(CCCS(=O)(=O)C2)N1. The van der Waals surface area contributed by atoms with Crippen molar-refractivity contribution < 1.29 is 8.42 Å². The zero-order valence-corrected chi connectivity index (χ0v) is 10.9. The number of nitrogens with one attached hydrogen (secondary N) is 2. The van der Waals surface area contributed by atoms with Gasteiger partial charge in [0.15, 0.2) is 9.84 Å². The summed E-state index contributed by atoms with van der Waals surface area (Å²) >= 11 is 0. The summed E-state index contributed by atoms with van der Waals surface area (Å²) in [6.45, 7) is 6.08. The van der Waals surface area contributed by atoms with Gasteiger partial charge in [-0.25, -0.2) is 8.42 Å². The molecule has 0 aliphatic carbocycles. The molecule has 2 heterocycles. The highest BCUT2D eigenvalue weighted by molar-refractivity contribution is 7.91. The fraction of sp³-hybridized carbons (Fsp3) is 1.00. The van der Waals surface area contributed by atoms with E-state index in [-0.39, 0.29) is 5.54 Å². The summed E-state index contributed by atoms with van der Waals surface area (Å²) in [5, 5.41) is 6.97. The molecule has 0 amide bonds. The first-order valence-corrected chi connectivity index (χ1v) is 7.93. The zero-order chi connectivity index (χ0) is 11.8. The highest BCUT2D eigenvalue weighted by Gasteiger charge is 2.42. The smallest absolute Gasteiger partial charge is 0.152 e. The van der Waals surface area contributed by atoms with Gasteiger partial charge in [0.2, 0.25) is 0 Å². The highest BCUT2D eigenvalue weighted by Crippen LogP contribution is 2.26. The third-order valence-corrected chi connectivity index (χ3v) is 5.63. The van der Waals surface area contributed by atoms with Crippen molar-refractivity contribution in [3.05, 3.63) is 0 Å². The van der Waals surface area contributed by atoms with Crippen molar-refractivity contribution in [2.45, 2.75) is 38.3 Å². The monoisotopic (exact) mass is 246 g/mol. The Morgan fingerprint density at radius 1 is 1.38 bits per heavy atom. The molecule has 2 aliphatic heterocycles. The summed E-state index contributed by atoms with van der Waals surface area (Å²) < 4.78 is 23.5. The fourth-order valence-corrected chi connectivity index (χ4v) is 4.71. The second-order valence-electron chi connectivity index (χ2n) is 5.60. The van der Waals surface area contributed by atoms with Crippen LogP contribution in [0.4, 0.5) is 0 Å². The maximum Gasteiger partial charge on any atom is 0.152 e. The lowest BCUT2D eigenvalue weighted by molar-refractivity contribution is 0.195. The van der Waals surface area contributed by atoms with Gasteiger partial charge in [0, 0.05) is 24.7 Å². The molecule has 2 saturated heterocycles. The van der Waals surface area contributed by atoms with Crippen molar-refractivity contribution in [1.29, 1.82) is 0 Å². The third-order valence-electron chi connectivity index (χ3n) is 3.73. The number of piperazine rings is 1. The lowest BCUT2D eigenvalue weighted by Crippen LogP contribution is -2.68. The molecule has 2 N–H and O–H groups in total. The van der Waals surface area contributed by atoms with Crippen LogP contribution < -0.4 is 10.6 Å². The van der Waals surface area contributed by atoms with Crippen molar-refractivity contribution in [3.8, 4) is 0 Å². The molecule has 0 radical (unpaired) electrons. The van der Waals surface area contributed by atoms with E-state index >= 15 is 0 Å². The van der Waals surface area contributed by atoms with E-state index in [0.29, 0.717) is 23.5 Å². The molecular weight excluding hydrogens is 224 g/mol. The van der Waals surface area contributed by atoms with Crippen LogP contribution in [0, 0.1) is 5.92 Å². The van der Waals surface area contributed by atoms with Gasteiger partial charge >= 0.3 is 0 Å². The molecule has 0 saturated carbocycles. The standard InChI is InChI=1S/C11H22N2O2S/c1-9(2)10-6-12-7-11(13-10)4-3-5-16(14,15)8-11/h9-10,12-13H,3-8H2,1-2H3/t10-,11?/m1/s1. The average molecular weight is 246 g/mol. The minimum Gasteiger partial charge on any atom is -0.313 e. The van der Waals surface area contributed by atoms with Crippen molar-refractivity contribution in [2.24, 2.45) is 5.92 Å². The molecule has 16 heavy (non-hydrogen) atoms. The number of hydrogen-bond acceptors (Lipinski definition) is 4. The van der Waals surface area contributed by atoms with Gasteiger partial charge in [-0.2, -0.15) is 0 Å². The van der Waals surface area contributed by atoms with Crippen molar-refractivity contribution >= 4 is 9.84 Å². The van der Waals surface area contributed by atoms with E-state index in [9.17, 15) is 8.42 Å². The van der Waals surface area contributed by atoms with Crippen LogP contribution in [-0.4, -0.2) is 44.6 Å². The van der Waals surface area contributed by atoms with Crippen LogP contribution in [0.15, 0.2) is 0 Å². The predicted molar refractivity (Wildman–Crippen MR) is 65.3 cm³/mol. The van der Waals surface area contributed by atoms with E-state index in [4.69, 9.17) is 0 Å². The lowest BCUT2D eigenvalue weighted by atomic mass is 9.89. The summed E-state index contributed by atoms with van der Waals surface area (Å²) in [6, 6.07) is 0.391. The summed E-state index contributed by atoms with van der Waals surface area (Å²) in [7, 11) is -2.84. The molecular formula is C11H22N2O2S. The van der Waals surface area contributed by atoms with Crippen LogP contribution >= 0.6 is 0 Å². The van der Waals surface area contributed by atoms with Crippen LogP contribution in [0.5, 0.6) is 0 Å². The van der Waals surface area contributed by atoms with Crippen LogP contribution in [0.1, 0.15) is 26.7 Å². The molecule has 2 atom stereocenters. The summed E-state index contributed by atoms with van der Waals surface area (Å²) in [5.74, 6) is 1.20. The molecule has 2 fully saturated rings. The number of sulfone groups is 1. The highest BCUT2D eigenvalue weighted by atomic mass is 32.2. The minimum atomic E-state index is -2.84. The normalized spacial score (nSPS) is 39.1. The summed E-state index contributed by atoms with van der Waals surface area (Å²) in [4.78, 5) is 0. The maximum atomic E-state index is 11.7. The van der Waals surface area contributed by atoms with Gasteiger partial charge in [0.1, 0.15) is 0 Å². The molecule has 5 heteroatoms. The van der Waals surface area contributed by atoms with E-state index in [1.807, 2.05) is 0 Å². The van der Waals surface area contributed by atoms with Crippen LogP contribution in [-0.2, 0) is 9.84 Å². The molecule has 4 nitrogen and oxygen atoms in total. The average Bonchev–Trinajstić information content (AvgIpc) is 2.15. The molecule has 94 valence electrons.